The average Bonchev–Trinajstić information content (AvgIpc) is 2.17. The summed E-state index contributed by atoms with van der Waals surface area (Å²) < 4.78 is 0. The Morgan fingerprint density at radius 2 is 1.69 bits per heavy atom. The maximum absolute atomic E-state index is 9.48. The number of likely N-dealkylation sites (N-methyl/N-ethyl adjacent to an activating group) is 1. The third-order valence-electron chi connectivity index (χ3n) is 3.48. The highest BCUT2D eigenvalue weighted by atomic mass is 16.3. The molecule has 0 aromatic rings. The number of rotatable bonds is 6. The van der Waals surface area contributed by atoms with Gasteiger partial charge in [-0.3, -0.25) is 4.90 Å². The van der Waals surface area contributed by atoms with E-state index in [1.54, 1.807) is 0 Å². The molecule has 0 aliphatic heterocycles. The van der Waals surface area contributed by atoms with Crippen LogP contribution in [0.3, 0.4) is 0 Å². The van der Waals surface area contributed by atoms with Crippen LogP contribution in [-0.4, -0.2) is 35.2 Å². The molecule has 0 radical (unpaired) electrons. The molecule has 0 spiro atoms. The molecular formula is C11H25NO. The number of aliphatic hydroxyl groups is 1. The van der Waals surface area contributed by atoms with E-state index >= 15 is 0 Å². The standard InChI is InChI=1S/C11H25NO/c1-6-10(4)11(5,9-13)12(7-2)8-3/h10,13H,6-9H2,1-5H3. The highest BCUT2D eigenvalue weighted by Gasteiger charge is 2.33. The summed E-state index contributed by atoms with van der Waals surface area (Å²) >= 11 is 0. The van der Waals surface area contributed by atoms with Crippen molar-refractivity contribution >= 4 is 0 Å². The lowest BCUT2D eigenvalue weighted by Crippen LogP contribution is -2.53. The molecule has 0 saturated heterocycles. The predicted octanol–water partition coefficient (Wildman–Crippen LogP) is 2.13. The van der Waals surface area contributed by atoms with Crippen LogP contribution < -0.4 is 0 Å². The van der Waals surface area contributed by atoms with E-state index in [-0.39, 0.29) is 12.1 Å². The van der Waals surface area contributed by atoms with E-state index in [0.717, 1.165) is 19.5 Å². The van der Waals surface area contributed by atoms with Crippen molar-refractivity contribution in [3.8, 4) is 0 Å². The van der Waals surface area contributed by atoms with Crippen molar-refractivity contribution in [3.05, 3.63) is 0 Å². The SMILES string of the molecule is CCC(C)C(C)(CO)N(CC)CC. The molecule has 0 aliphatic rings. The minimum atomic E-state index is -0.0434. The highest BCUT2D eigenvalue weighted by molar-refractivity contribution is 4.89. The van der Waals surface area contributed by atoms with Gasteiger partial charge < -0.3 is 5.11 Å². The number of nitrogens with zero attached hydrogens (tertiary/aromatic N) is 1. The zero-order valence-electron chi connectivity index (χ0n) is 9.80. The van der Waals surface area contributed by atoms with Gasteiger partial charge in [0.1, 0.15) is 0 Å². The van der Waals surface area contributed by atoms with Gasteiger partial charge >= 0.3 is 0 Å². The number of hydrogen-bond acceptors (Lipinski definition) is 2. The minimum absolute atomic E-state index is 0.0434. The van der Waals surface area contributed by atoms with Crippen LogP contribution in [0.2, 0.25) is 0 Å². The van der Waals surface area contributed by atoms with Crippen molar-refractivity contribution in [2.75, 3.05) is 19.7 Å². The first-order chi connectivity index (χ1) is 6.06. The Bertz CT molecular complexity index is 134. The first-order valence-corrected chi connectivity index (χ1v) is 5.42. The van der Waals surface area contributed by atoms with E-state index in [2.05, 4.69) is 39.5 Å². The lowest BCUT2D eigenvalue weighted by molar-refractivity contribution is 0.00796. The van der Waals surface area contributed by atoms with Crippen LogP contribution in [-0.2, 0) is 0 Å². The lowest BCUT2D eigenvalue weighted by atomic mass is 9.84. The lowest BCUT2D eigenvalue weighted by Gasteiger charge is -2.43. The van der Waals surface area contributed by atoms with E-state index in [1.807, 2.05) is 0 Å². The monoisotopic (exact) mass is 187 g/mol. The van der Waals surface area contributed by atoms with Crippen molar-refractivity contribution in [2.24, 2.45) is 5.92 Å². The molecule has 0 aromatic heterocycles. The fourth-order valence-corrected chi connectivity index (χ4v) is 1.95. The fraction of sp³-hybridized carbons (Fsp3) is 1.00. The van der Waals surface area contributed by atoms with E-state index in [1.165, 1.54) is 0 Å². The molecule has 0 fully saturated rings. The molecule has 0 saturated carbocycles. The minimum Gasteiger partial charge on any atom is -0.394 e. The Hall–Kier alpha value is -0.0800. The van der Waals surface area contributed by atoms with Crippen LogP contribution in [0.5, 0.6) is 0 Å². The molecule has 2 unspecified atom stereocenters. The Morgan fingerprint density at radius 1 is 1.23 bits per heavy atom. The van der Waals surface area contributed by atoms with E-state index in [9.17, 15) is 5.11 Å². The molecule has 2 atom stereocenters. The first kappa shape index (κ1) is 12.9. The van der Waals surface area contributed by atoms with Crippen LogP contribution in [0.15, 0.2) is 0 Å². The third kappa shape index (κ3) is 2.68. The summed E-state index contributed by atoms with van der Waals surface area (Å²) in [5.41, 5.74) is -0.0434. The van der Waals surface area contributed by atoms with Gasteiger partial charge in [-0.25, -0.2) is 0 Å². The summed E-state index contributed by atoms with van der Waals surface area (Å²) in [7, 11) is 0. The molecule has 13 heavy (non-hydrogen) atoms. The van der Waals surface area contributed by atoms with E-state index in [0.29, 0.717) is 5.92 Å². The summed E-state index contributed by atoms with van der Waals surface area (Å²) in [5.74, 6) is 0.539. The second kappa shape index (κ2) is 5.61. The molecule has 2 nitrogen and oxygen atoms in total. The van der Waals surface area contributed by atoms with Crippen LogP contribution in [0.25, 0.3) is 0 Å². The van der Waals surface area contributed by atoms with Gasteiger partial charge in [-0.15, -0.1) is 0 Å². The fourth-order valence-electron chi connectivity index (χ4n) is 1.95. The summed E-state index contributed by atoms with van der Waals surface area (Å²) in [5, 5.41) is 9.48. The zero-order chi connectivity index (χ0) is 10.5. The molecule has 0 aromatic carbocycles. The van der Waals surface area contributed by atoms with Gasteiger partial charge in [0.15, 0.2) is 0 Å². The quantitative estimate of drug-likeness (QED) is 0.688. The van der Waals surface area contributed by atoms with Crippen molar-refractivity contribution < 1.29 is 5.11 Å². The molecule has 0 amide bonds. The van der Waals surface area contributed by atoms with Gasteiger partial charge in [0.2, 0.25) is 0 Å². The van der Waals surface area contributed by atoms with Crippen LogP contribution in [0.1, 0.15) is 41.0 Å². The van der Waals surface area contributed by atoms with Crippen molar-refractivity contribution in [2.45, 2.75) is 46.6 Å². The molecule has 0 aliphatic carbocycles. The predicted molar refractivity (Wildman–Crippen MR) is 57.9 cm³/mol. The van der Waals surface area contributed by atoms with Gasteiger partial charge in [-0.1, -0.05) is 34.1 Å². The van der Waals surface area contributed by atoms with Gasteiger partial charge in [0.25, 0.3) is 0 Å². The molecule has 0 heterocycles. The van der Waals surface area contributed by atoms with Gasteiger partial charge in [0.05, 0.1) is 6.61 Å². The average molecular weight is 187 g/mol. The summed E-state index contributed by atoms with van der Waals surface area (Å²) in [4.78, 5) is 2.35. The molecule has 1 N–H and O–H groups in total. The Balaban J connectivity index is 4.57. The summed E-state index contributed by atoms with van der Waals surface area (Å²) in [6.07, 6.45) is 1.12. The topological polar surface area (TPSA) is 23.5 Å². The Kier molecular flexibility index (Phi) is 5.57. The van der Waals surface area contributed by atoms with Gasteiger partial charge in [0, 0.05) is 5.54 Å². The molecule has 0 bridgehead atoms. The van der Waals surface area contributed by atoms with Crippen molar-refractivity contribution in [1.29, 1.82) is 0 Å². The Morgan fingerprint density at radius 3 is 1.92 bits per heavy atom. The normalized spacial score (nSPS) is 18.7. The maximum Gasteiger partial charge on any atom is 0.0615 e. The van der Waals surface area contributed by atoms with Crippen molar-refractivity contribution in [3.63, 3.8) is 0 Å². The van der Waals surface area contributed by atoms with Crippen LogP contribution >= 0.6 is 0 Å². The molecule has 80 valence electrons. The summed E-state index contributed by atoms with van der Waals surface area (Å²) in [6, 6.07) is 0. The largest absolute Gasteiger partial charge is 0.394 e. The van der Waals surface area contributed by atoms with Gasteiger partial charge in [-0.2, -0.15) is 0 Å². The zero-order valence-corrected chi connectivity index (χ0v) is 9.80. The molecule has 0 rings (SSSR count). The van der Waals surface area contributed by atoms with E-state index < -0.39 is 0 Å². The maximum atomic E-state index is 9.48. The Labute approximate surface area is 82.9 Å². The second-order valence-corrected chi connectivity index (χ2v) is 4.00. The van der Waals surface area contributed by atoms with Crippen molar-refractivity contribution in [1.82, 2.24) is 4.90 Å². The van der Waals surface area contributed by atoms with Crippen LogP contribution in [0.4, 0.5) is 0 Å². The number of aliphatic hydroxyl groups excluding tert-OH is 1. The third-order valence-corrected chi connectivity index (χ3v) is 3.48. The van der Waals surface area contributed by atoms with Crippen LogP contribution in [0, 0.1) is 5.92 Å². The first-order valence-electron chi connectivity index (χ1n) is 5.42. The molecule has 2 heteroatoms. The number of hydrogen-bond donors (Lipinski definition) is 1. The summed E-state index contributed by atoms with van der Waals surface area (Å²) in [6.45, 7) is 13.1. The van der Waals surface area contributed by atoms with Gasteiger partial charge in [-0.05, 0) is 25.9 Å². The second-order valence-electron chi connectivity index (χ2n) is 4.00. The smallest absolute Gasteiger partial charge is 0.0615 e. The van der Waals surface area contributed by atoms with E-state index in [4.69, 9.17) is 0 Å². The highest BCUT2D eigenvalue weighted by Crippen LogP contribution is 2.26. The molecular weight excluding hydrogens is 162 g/mol.